The first kappa shape index (κ1) is 15.1. The number of thiophene rings is 1. The van der Waals surface area contributed by atoms with Crippen LogP contribution in [-0.4, -0.2) is 9.13 Å². The maximum Gasteiger partial charge on any atom is 0.106 e. The summed E-state index contributed by atoms with van der Waals surface area (Å²) in [6, 6.07) is 28.3. The number of hydrogen-bond donors (Lipinski definition) is 0. The molecule has 2 nitrogen and oxygen atoms in total. The highest BCUT2D eigenvalue weighted by Crippen LogP contribution is 2.45. The lowest BCUT2D eigenvalue weighted by molar-refractivity contribution is 0.835. The van der Waals surface area contributed by atoms with Gasteiger partial charge in [0.05, 0.1) is 16.6 Å². The molecule has 0 aliphatic carbocycles. The first-order chi connectivity index (χ1) is 13.4. The standard InChI is InChI=1S/C24H18N2S/c1-2-25-22-17-12-6-8-14-19(17)26(16-10-4-3-5-11-16)23(22)21-18-13-7-9-15-20(18)27-24(21)25/h3-15H,2H2,1H3. The van der Waals surface area contributed by atoms with Crippen molar-refractivity contribution < 1.29 is 0 Å². The van der Waals surface area contributed by atoms with Crippen molar-refractivity contribution in [2.45, 2.75) is 13.5 Å². The van der Waals surface area contributed by atoms with Gasteiger partial charge in [0, 0.05) is 33.1 Å². The molecule has 0 unspecified atom stereocenters. The monoisotopic (exact) mass is 366 g/mol. The van der Waals surface area contributed by atoms with Crippen molar-refractivity contribution in [3.63, 3.8) is 0 Å². The van der Waals surface area contributed by atoms with Gasteiger partial charge >= 0.3 is 0 Å². The van der Waals surface area contributed by atoms with Crippen LogP contribution in [0.4, 0.5) is 0 Å². The fraction of sp³-hybridized carbons (Fsp3) is 0.0833. The van der Waals surface area contributed by atoms with Crippen LogP contribution in [0.1, 0.15) is 6.92 Å². The number of benzene rings is 3. The fourth-order valence-electron chi connectivity index (χ4n) is 4.43. The molecule has 0 atom stereocenters. The van der Waals surface area contributed by atoms with Crippen LogP contribution in [0.25, 0.3) is 47.9 Å². The van der Waals surface area contributed by atoms with Gasteiger partial charge in [-0.15, -0.1) is 11.3 Å². The van der Waals surface area contributed by atoms with E-state index in [2.05, 4.69) is 94.9 Å². The minimum atomic E-state index is 0.968. The van der Waals surface area contributed by atoms with E-state index in [4.69, 9.17) is 0 Å². The second-order valence-corrected chi connectivity index (χ2v) is 7.94. The molecule has 3 heteroatoms. The summed E-state index contributed by atoms with van der Waals surface area (Å²) in [5.41, 5.74) is 5.17. The van der Waals surface area contributed by atoms with Gasteiger partial charge in [-0.1, -0.05) is 54.6 Å². The molecule has 0 N–H and O–H groups in total. The first-order valence-corrected chi connectivity index (χ1v) is 10.2. The Kier molecular flexibility index (Phi) is 3.06. The number of para-hydroxylation sites is 2. The Morgan fingerprint density at radius 1 is 0.741 bits per heavy atom. The molecule has 6 aromatic rings. The van der Waals surface area contributed by atoms with Gasteiger partial charge in [-0.25, -0.2) is 0 Å². The van der Waals surface area contributed by atoms with Gasteiger partial charge in [-0.3, -0.25) is 0 Å². The van der Waals surface area contributed by atoms with Crippen molar-refractivity contribution in [1.82, 2.24) is 9.13 Å². The van der Waals surface area contributed by atoms with Gasteiger partial charge in [0.2, 0.25) is 0 Å². The van der Waals surface area contributed by atoms with Gasteiger partial charge < -0.3 is 9.13 Å². The molecule has 3 heterocycles. The summed E-state index contributed by atoms with van der Waals surface area (Å²) in [4.78, 5) is 1.37. The third kappa shape index (κ3) is 1.89. The Morgan fingerprint density at radius 2 is 1.44 bits per heavy atom. The van der Waals surface area contributed by atoms with Crippen molar-refractivity contribution >= 4 is 53.6 Å². The van der Waals surface area contributed by atoms with E-state index < -0.39 is 0 Å². The van der Waals surface area contributed by atoms with Crippen LogP contribution >= 0.6 is 11.3 Å². The van der Waals surface area contributed by atoms with Crippen LogP contribution in [0.2, 0.25) is 0 Å². The molecular weight excluding hydrogens is 348 g/mol. The Balaban J connectivity index is 1.97. The first-order valence-electron chi connectivity index (χ1n) is 9.37. The van der Waals surface area contributed by atoms with Crippen molar-refractivity contribution in [1.29, 1.82) is 0 Å². The average molecular weight is 366 g/mol. The zero-order valence-electron chi connectivity index (χ0n) is 15.0. The van der Waals surface area contributed by atoms with Gasteiger partial charge in [0.25, 0.3) is 0 Å². The molecule has 0 saturated carbocycles. The number of hydrogen-bond acceptors (Lipinski definition) is 1. The topological polar surface area (TPSA) is 9.86 Å². The quantitative estimate of drug-likeness (QED) is 0.313. The van der Waals surface area contributed by atoms with Crippen LogP contribution < -0.4 is 0 Å². The average Bonchev–Trinajstić information content (AvgIpc) is 3.34. The van der Waals surface area contributed by atoms with Gasteiger partial charge in [-0.2, -0.15) is 0 Å². The summed E-state index contributed by atoms with van der Waals surface area (Å²) in [7, 11) is 0. The van der Waals surface area contributed by atoms with Crippen molar-refractivity contribution in [3.8, 4) is 5.69 Å². The molecule has 0 bridgehead atoms. The van der Waals surface area contributed by atoms with E-state index in [0.29, 0.717) is 0 Å². The molecule has 0 saturated heterocycles. The molecule has 0 radical (unpaired) electrons. The van der Waals surface area contributed by atoms with E-state index in [1.165, 1.54) is 47.9 Å². The molecule has 0 fully saturated rings. The van der Waals surface area contributed by atoms with Crippen LogP contribution in [0.3, 0.4) is 0 Å². The summed E-state index contributed by atoms with van der Waals surface area (Å²) in [5.74, 6) is 0. The fourth-order valence-corrected chi connectivity index (χ4v) is 5.70. The highest BCUT2D eigenvalue weighted by Gasteiger charge is 2.23. The van der Waals surface area contributed by atoms with E-state index in [9.17, 15) is 0 Å². The largest absolute Gasteiger partial charge is 0.331 e. The number of aromatic nitrogens is 2. The van der Waals surface area contributed by atoms with Crippen LogP contribution in [-0.2, 0) is 6.54 Å². The minimum Gasteiger partial charge on any atom is -0.331 e. The van der Waals surface area contributed by atoms with E-state index >= 15 is 0 Å². The maximum atomic E-state index is 2.50. The highest BCUT2D eigenvalue weighted by atomic mass is 32.1. The molecule has 0 aliphatic rings. The van der Waals surface area contributed by atoms with Crippen LogP contribution in [0, 0.1) is 0 Å². The summed E-state index contributed by atoms with van der Waals surface area (Å²) in [6.45, 7) is 3.22. The van der Waals surface area contributed by atoms with Gasteiger partial charge in [0.1, 0.15) is 4.83 Å². The summed E-state index contributed by atoms with van der Waals surface area (Å²) < 4.78 is 6.30. The molecule has 27 heavy (non-hydrogen) atoms. The maximum absolute atomic E-state index is 2.50. The second-order valence-electron chi connectivity index (χ2n) is 6.91. The normalized spacial score (nSPS) is 12.0. The van der Waals surface area contributed by atoms with E-state index in [1.807, 2.05) is 11.3 Å². The molecule has 0 spiro atoms. The lowest BCUT2D eigenvalue weighted by atomic mass is 10.2. The summed E-state index contributed by atoms with van der Waals surface area (Å²) in [6.07, 6.45) is 0. The number of nitrogens with zero attached hydrogens (tertiary/aromatic N) is 2. The Hall–Kier alpha value is -3.04. The predicted molar refractivity (Wildman–Crippen MR) is 117 cm³/mol. The molecule has 0 aliphatic heterocycles. The number of rotatable bonds is 2. The van der Waals surface area contributed by atoms with Crippen molar-refractivity contribution in [3.05, 3.63) is 78.9 Å². The van der Waals surface area contributed by atoms with E-state index in [-0.39, 0.29) is 0 Å². The molecular formula is C24H18N2S. The van der Waals surface area contributed by atoms with Gasteiger partial charge in [0.15, 0.2) is 0 Å². The zero-order valence-corrected chi connectivity index (χ0v) is 15.8. The highest BCUT2D eigenvalue weighted by molar-refractivity contribution is 7.25. The van der Waals surface area contributed by atoms with Crippen LogP contribution in [0.5, 0.6) is 0 Å². The number of fused-ring (bicyclic) bond motifs is 7. The Morgan fingerprint density at radius 3 is 2.26 bits per heavy atom. The van der Waals surface area contributed by atoms with Crippen molar-refractivity contribution in [2.75, 3.05) is 0 Å². The summed E-state index contributed by atoms with van der Waals surface area (Å²) >= 11 is 1.91. The molecule has 0 amide bonds. The Bertz CT molecular complexity index is 1450. The molecule has 3 aromatic carbocycles. The number of aryl methyl sites for hydroxylation is 1. The Labute approximate surface area is 160 Å². The second kappa shape index (κ2) is 5.48. The van der Waals surface area contributed by atoms with Crippen LogP contribution in [0.15, 0.2) is 78.9 Å². The van der Waals surface area contributed by atoms with Crippen molar-refractivity contribution in [2.24, 2.45) is 0 Å². The lowest BCUT2D eigenvalue weighted by Crippen LogP contribution is -1.92. The molecule has 6 rings (SSSR count). The SMILES string of the molecule is CCn1c2sc3ccccc3c2c2c1c1ccccc1n2-c1ccccc1. The van der Waals surface area contributed by atoms with E-state index in [0.717, 1.165) is 6.54 Å². The predicted octanol–water partition coefficient (Wildman–Crippen LogP) is 6.97. The smallest absolute Gasteiger partial charge is 0.106 e. The van der Waals surface area contributed by atoms with Gasteiger partial charge in [-0.05, 0) is 31.2 Å². The van der Waals surface area contributed by atoms with E-state index in [1.54, 1.807) is 0 Å². The minimum absolute atomic E-state index is 0.968. The lowest BCUT2D eigenvalue weighted by Gasteiger charge is -2.07. The summed E-state index contributed by atoms with van der Waals surface area (Å²) in [5, 5.41) is 4.06. The third-order valence-electron chi connectivity index (χ3n) is 5.51. The third-order valence-corrected chi connectivity index (χ3v) is 6.70. The molecule has 130 valence electrons. The molecule has 3 aromatic heterocycles. The zero-order chi connectivity index (χ0) is 18.0.